The number of anilines is 1. The molecule has 2 atom stereocenters. The molecule has 2 heterocycles. The van der Waals surface area contributed by atoms with E-state index >= 15 is 0 Å². The topological polar surface area (TPSA) is 108 Å². The number of ether oxygens (including phenoxy) is 1. The number of benzene rings is 1. The van der Waals surface area contributed by atoms with Crippen molar-refractivity contribution in [2.75, 3.05) is 18.4 Å². The van der Waals surface area contributed by atoms with Crippen molar-refractivity contribution in [3.05, 3.63) is 29.8 Å². The van der Waals surface area contributed by atoms with Gasteiger partial charge in [-0.3, -0.25) is 9.69 Å². The molecule has 1 aliphatic rings. The Labute approximate surface area is 172 Å². The van der Waals surface area contributed by atoms with Crippen molar-refractivity contribution in [2.45, 2.75) is 45.4 Å². The number of piperidine rings is 1. The van der Waals surface area contributed by atoms with Crippen LogP contribution in [0.5, 0.6) is 11.5 Å². The van der Waals surface area contributed by atoms with E-state index < -0.39 is 18.6 Å². The first-order valence-electron chi connectivity index (χ1n) is 9.64. The van der Waals surface area contributed by atoms with E-state index in [9.17, 15) is 23.8 Å². The zero-order valence-electron chi connectivity index (χ0n) is 16.7. The summed E-state index contributed by atoms with van der Waals surface area (Å²) in [6.07, 6.45) is 1.24. The first-order chi connectivity index (χ1) is 14.3. The highest BCUT2D eigenvalue weighted by Gasteiger charge is 2.32. The minimum Gasteiger partial charge on any atom is -0.507 e. The van der Waals surface area contributed by atoms with Gasteiger partial charge in [-0.15, -0.1) is 10.2 Å². The van der Waals surface area contributed by atoms with E-state index in [1.807, 2.05) is 11.8 Å². The number of alkyl halides is 2. The third kappa shape index (κ3) is 4.93. The number of carboxylic acids is 1. The monoisotopic (exact) mass is 422 g/mol. The third-order valence-electron chi connectivity index (χ3n) is 5.16. The fourth-order valence-electron chi connectivity index (χ4n) is 3.71. The van der Waals surface area contributed by atoms with Gasteiger partial charge in [-0.05, 0) is 50.1 Å². The Morgan fingerprint density at radius 2 is 2.10 bits per heavy atom. The van der Waals surface area contributed by atoms with Gasteiger partial charge in [-0.1, -0.05) is 6.92 Å². The number of likely N-dealkylation sites (N-methyl/N-ethyl adjacent to an activating group) is 1. The zero-order valence-corrected chi connectivity index (χ0v) is 16.7. The molecular weight excluding hydrogens is 398 g/mol. The largest absolute Gasteiger partial charge is 0.507 e. The van der Waals surface area contributed by atoms with Crippen LogP contribution < -0.4 is 10.1 Å². The predicted molar refractivity (Wildman–Crippen MR) is 106 cm³/mol. The number of nitrogens with one attached hydrogen (secondary N) is 1. The molecule has 30 heavy (non-hydrogen) atoms. The molecule has 2 aromatic rings. The van der Waals surface area contributed by atoms with E-state index in [-0.39, 0.29) is 17.5 Å². The molecule has 1 aliphatic heterocycles. The van der Waals surface area contributed by atoms with Gasteiger partial charge in [0.15, 0.2) is 0 Å². The lowest BCUT2D eigenvalue weighted by atomic mass is 9.98. The van der Waals surface area contributed by atoms with E-state index in [4.69, 9.17) is 0 Å². The van der Waals surface area contributed by atoms with Gasteiger partial charge in [-0.25, -0.2) is 0 Å². The number of aromatic nitrogens is 2. The van der Waals surface area contributed by atoms with Crippen molar-refractivity contribution in [3.63, 3.8) is 0 Å². The lowest BCUT2D eigenvalue weighted by Crippen LogP contribution is -2.51. The molecule has 0 saturated carbocycles. The van der Waals surface area contributed by atoms with E-state index in [0.29, 0.717) is 43.0 Å². The Hall–Kier alpha value is -3.01. The number of likely N-dealkylation sites (tertiary alicyclic amines) is 1. The Morgan fingerprint density at radius 1 is 1.33 bits per heavy atom. The van der Waals surface area contributed by atoms with Crippen LogP contribution in [0.3, 0.4) is 0 Å². The molecule has 0 bridgehead atoms. The van der Waals surface area contributed by atoms with Crippen molar-refractivity contribution in [1.82, 2.24) is 15.1 Å². The van der Waals surface area contributed by atoms with E-state index in [0.717, 1.165) is 11.6 Å². The molecule has 0 spiro atoms. The molecule has 2 unspecified atom stereocenters. The molecular formula is C20H24F2N4O4. The Bertz CT molecular complexity index is 912. The molecule has 3 rings (SSSR count). The maximum Gasteiger partial charge on any atom is 0.387 e. The first kappa shape index (κ1) is 21.7. The van der Waals surface area contributed by atoms with Crippen molar-refractivity contribution >= 4 is 11.8 Å². The van der Waals surface area contributed by atoms with Gasteiger partial charge in [0.1, 0.15) is 23.4 Å². The molecule has 0 aliphatic carbocycles. The van der Waals surface area contributed by atoms with Gasteiger partial charge in [0.05, 0.1) is 5.69 Å². The number of aromatic hydroxyl groups is 1. The number of halogens is 2. The molecule has 0 amide bonds. The fourth-order valence-corrected chi connectivity index (χ4v) is 3.71. The van der Waals surface area contributed by atoms with Crippen molar-refractivity contribution < 1.29 is 28.5 Å². The summed E-state index contributed by atoms with van der Waals surface area (Å²) in [6, 6.07) is 5.24. The lowest BCUT2D eigenvalue weighted by molar-refractivity contribution is -0.144. The first-order valence-corrected chi connectivity index (χ1v) is 9.64. The zero-order chi connectivity index (χ0) is 21.8. The number of aliphatic carboxylic acids is 1. The number of rotatable bonds is 7. The Kier molecular flexibility index (Phi) is 6.66. The maximum atomic E-state index is 12.3. The van der Waals surface area contributed by atoms with Crippen molar-refractivity contribution in [3.8, 4) is 22.8 Å². The molecule has 8 nitrogen and oxygen atoms in total. The molecule has 1 aromatic heterocycles. The highest BCUT2D eigenvalue weighted by Crippen LogP contribution is 2.34. The van der Waals surface area contributed by atoms with Crippen LogP contribution in [0.25, 0.3) is 11.3 Å². The second kappa shape index (κ2) is 9.21. The van der Waals surface area contributed by atoms with E-state index in [2.05, 4.69) is 20.3 Å². The number of carboxylic acid groups (broad SMARTS) is 1. The van der Waals surface area contributed by atoms with Crippen molar-refractivity contribution in [1.29, 1.82) is 0 Å². The number of hydrogen-bond acceptors (Lipinski definition) is 7. The van der Waals surface area contributed by atoms with Crippen LogP contribution in [0, 0.1) is 6.92 Å². The highest BCUT2D eigenvalue weighted by atomic mass is 19.3. The number of carbonyl (C=O) groups is 1. The van der Waals surface area contributed by atoms with Crippen LogP contribution >= 0.6 is 0 Å². The summed E-state index contributed by atoms with van der Waals surface area (Å²) in [5, 5.41) is 31.1. The summed E-state index contributed by atoms with van der Waals surface area (Å²) in [7, 11) is 0. The molecule has 1 aromatic carbocycles. The third-order valence-corrected chi connectivity index (χ3v) is 5.16. The number of phenols is 1. The quantitative estimate of drug-likeness (QED) is 0.625. The number of aryl methyl sites for hydroxylation is 1. The van der Waals surface area contributed by atoms with Crippen LogP contribution in [0.1, 0.15) is 25.3 Å². The predicted octanol–water partition coefficient (Wildman–Crippen LogP) is 3.11. The minimum atomic E-state index is -2.98. The van der Waals surface area contributed by atoms with Gasteiger partial charge >= 0.3 is 12.6 Å². The molecule has 1 saturated heterocycles. The molecule has 162 valence electrons. The molecule has 3 N–H and O–H groups in total. The Balaban J connectivity index is 1.72. The van der Waals surface area contributed by atoms with Crippen LogP contribution in [-0.4, -0.2) is 63.1 Å². The van der Waals surface area contributed by atoms with Gasteiger partial charge in [0, 0.05) is 24.2 Å². The number of hydrogen-bond donors (Lipinski definition) is 3. The standard InChI is InChI=1S/C20H24F2N4O4/c1-3-26-10-12(4-7-15(26)19(28)29)23-17-8-11(2)18(25-24-17)14-6-5-13(9-16(14)27)30-20(21)22/h5-6,8-9,12,15,20,27H,3-4,7,10H2,1-2H3,(H,23,24)(H,28,29). The summed E-state index contributed by atoms with van der Waals surface area (Å²) >= 11 is 0. The van der Waals surface area contributed by atoms with E-state index in [1.54, 1.807) is 13.0 Å². The molecule has 1 fully saturated rings. The molecule has 0 radical (unpaired) electrons. The molecule has 10 heteroatoms. The van der Waals surface area contributed by atoms with Gasteiger partial charge in [0.25, 0.3) is 0 Å². The van der Waals surface area contributed by atoms with Gasteiger partial charge in [-0.2, -0.15) is 8.78 Å². The maximum absolute atomic E-state index is 12.3. The second-order valence-electron chi connectivity index (χ2n) is 7.18. The normalized spacial score (nSPS) is 19.6. The number of nitrogens with zero attached hydrogens (tertiary/aromatic N) is 3. The van der Waals surface area contributed by atoms with Gasteiger partial charge < -0.3 is 20.3 Å². The van der Waals surface area contributed by atoms with E-state index in [1.165, 1.54) is 12.1 Å². The summed E-state index contributed by atoms with van der Waals surface area (Å²) in [5.41, 5.74) is 1.51. The SMILES string of the molecule is CCN1CC(Nc2cc(C)c(-c3ccc(OC(F)F)cc3O)nn2)CCC1C(=O)O. The highest BCUT2D eigenvalue weighted by molar-refractivity contribution is 5.73. The van der Waals surface area contributed by atoms with Crippen LogP contribution in [-0.2, 0) is 4.79 Å². The van der Waals surface area contributed by atoms with Crippen LogP contribution in [0.4, 0.5) is 14.6 Å². The minimum absolute atomic E-state index is 0.0410. The second-order valence-corrected chi connectivity index (χ2v) is 7.18. The summed E-state index contributed by atoms with van der Waals surface area (Å²) in [6.45, 7) is 1.99. The van der Waals surface area contributed by atoms with Crippen molar-refractivity contribution in [2.24, 2.45) is 0 Å². The Morgan fingerprint density at radius 3 is 2.70 bits per heavy atom. The van der Waals surface area contributed by atoms with Gasteiger partial charge in [0.2, 0.25) is 0 Å². The van der Waals surface area contributed by atoms with Crippen LogP contribution in [0.15, 0.2) is 24.3 Å². The summed E-state index contributed by atoms with van der Waals surface area (Å²) < 4.78 is 28.9. The summed E-state index contributed by atoms with van der Waals surface area (Å²) in [4.78, 5) is 13.3. The fraction of sp³-hybridized carbons (Fsp3) is 0.450. The average molecular weight is 422 g/mol. The number of phenolic OH excluding ortho intramolecular Hbond substituents is 1. The lowest BCUT2D eigenvalue weighted by Gasteiger charge is -2.37. The average Bonchev–Trinajstić information content (AvgIpc) is 2.68. The van der Waals surface area contributed by atoms with Crippen LogP contribution in [0.2, 0.25) is 0 Å². The smallest absolute Gasteiger partial charge is 0.387 e. The summed E-state index contributed by atoms with van der Waals surface area (Å²) in [5.74, 6) is -0.646.